The molecule has 0 atom stereocenters. The van der Waals surface area contributed by atoms with Crippen molar-refractivity contribution in [3.63, 3.8) is 0 Å². The molecular formula is C24H22F2N6O3. The lowest BCUT2D eigenvalue weighted by Crippen LogP contribution is -2.48. The summed E-state index contributed by atoms with van der Waals surface area (Å²) in [7, 11) is 2.03. The third kappa shape index (κ3) is 4.76. The molecule has 1 aliphatic heterocycles. The van der Waals surface area contributed by atoms with Gasteiger partial charge in [-0.2, -0.15) is 0 Å². The van der Waals surface area contributed by atoms with Gasteiger partial charge in [-0.25, -0.2) is 13.5 Å². The molecule has 0 spiro atoms. The molecule has 0 radical (unpaired) electrons. The number of nitrogens with zero attached hydrogens (tertiary/aromatic N) is 5. The van der Waals surface area contributed by atoms with Gasteiger partial charge >= 0.3 is 0 Å². The Morgan fingerprint density at radius 1 is 1.06 bits per heavy atom. The first-order chi connectivity index (χ1) is 16.9. The van der Waals surface area contributed by atoms with Crippen LogP contribution < -0.4 is 10.3 Å². The summed E-state index contributed by atoms with van der Waals surface area (Å²) in [6.45, 7) is 3.05. The number of carbonyl (C=O) groups is 1. The van der Waals surface area contributed by atoms with E-state index in [1.165, 1.54) is 10.7 Å². The second-order valence-electron chi connectivity index (χ2n) is 8.38. The number of fused-ring (bicyclic) bond motifs is 1. The summed E-state index contributed by atoms with van der Waals surface area (Å²) in [6.07, 6.45) is 1.56. The van der Waals surface area contributed by atoms with E-state index in [9.17, 15) is 18.4 Å². The summed E-state index contributed by atoms with van der Waals surface area (Å²) in [5.41, 5.74) is 0.802. The van der Waals surface area contributed by atoms with E-state index in [-0.39, 0.29) is 29.3 Å². The minimum Gasteiger partial charge on any atom is -0.484 e. The standard InChI is InChI=1S/C24H22F2N6O3/c1-30-6-8-31(9-7-30)23(33)14-35-17-4-2-16(3-5-17)32-13-22(28-29-32)18-10-15-11-19(25)20(26)12-21(15)27-24(18)34/h2-5,10-13H,6-9,14H2,1H3,(H,27,34). The number of H-pyrrole nitrogens is 1. The topological polar surface area (TPSA) is 96.3 Å². The number of rotatable bonds is 5. The molecule has 4 aromatic rings. The van der Waals surface area contributed by atoms with Crippen molar-refractivity contribution in [3.8, 4) is 22.7 Å². The fourth-order valence-corrected chi connectivity index (χ4v) is 3.89. The molecule has 1 aliphatic rings. The summed E-state index contributed by atoms with van der Waals surface area (Å²) in [6, 6.07) is 10.3. The van der Waals surface area contributed by atoms with Crippen LogP contribution in [0.5, 0.6) is 5.75 Å². The predicted molar refractivity (Wildman–Crippen MR) is 124 cm³/mol. The minimum atomic E-state index is -1.04. The van der Waals surface area contributed by atoms with Gasteiger partial charge in [0, 0.05) is 37.6 Å². The van der Waals surface area contributed by atoms with Crippen LogP contribution in [-0.4, -0.2) is 75.5 Å². The molecule has 2 aromatic carbocycles. The molecule has 1 fully saturated rings. The van der Waals surface area contributed by atoms with Gasteiger partial charge in [0.25, 0.3) is 11.5 Å². The number of carbonyl (C=O) groups excluding carboxylic acids is 1. The molecule has 0 unspecified atom stereocenters. The number of piperazine rings is 1. The Labute approximate surface area is 198 Å². The lowest BCUT2D eigenvalue weighted by molar-refractivity contribution is -0.134. The Morgan fingerprint density at radius 3 is 2.51 bits per heavy atom. The molecule has 0 aliphatic carbocycles. The number of halogens is 2. The molecule has 3 heterocycles. The lowest BCUT2D eigenvalue weighted by Gasteiger charge is -2.32. The highest BCUT2D eigenvalue weighted by molar-refractivity contribution is 5.83. The molecule has 11 heteroatoms. The maximum atomic E-state index is 13.6. The average molecular weight is 480 g/mol. The van der Waals surface area contributed by atoms with E-state index >= 15 is 0 Å². The van der Waals surface area contributed by atoms with Crippen LogP contribution in [0.25, 0.3) is 27.8 Å². The number of nitrogens with one attached hydrogen (secondary N) is 1. The van der Waals surface area contributed by atoms with Crippen molar-refractivity contribution in [2.45, 2.75) is 0 Å². The van der Waals surface area contributed by atoms with Crippen molar-refractivity contribution in [1.29, 1.82) is 0 Å². The van der Waals surface area contributed by atoms with Crippen molar-refractivity contribution in [3.05, 3.63) is 70.6 Å². The number of likely N-dealkylation sites (N-methyl/N-ethyl adjacent to an activating group) is 1. The summed E-state index contributed by atoms with van der Waals surface area (Å²) < 4.78 is 34.2. The van der Waals surface area contributed by atoms with Crippen molar-refractivity contribution >= 4 is 16.8 Å². The number of aromatic amines is 1. The first kappa shape index (κ1) is 22.7. The third-order valence-corrected chi connectivity index (χ3v) is 5.97. The first-order valence-electron chi connectivity index (χ1n) is 11.0. The number of hydrogen-bond acceptors (Lipinski definition) is 6. The van der Waals surface area contributed by atoms with E-state index < -0.39 is 17.2 Å². The average Bonchev–Trinajstić information content (AvgIpc) is 3.34. The van der Waals surface area contributed by atoms with Crippen LogP contribution in [0.2, 0.25) is 0 Å². The molecule has 180 valence electrons. The van der Waals surface area contributed by atoms with Crippen molar-refractivity contribution in [2.75, 3.05) is 39.8 Å². The van der Waals surface area contributed by atoms with Gasteiger partial charge in [-0.05, 0) is 43.4 Å². The zero-order valence-electron chi connectivity index (χ0n) is 18.9. The molecule has 1 saturated heterocycles. The quantitative estimate of drug-likeness (QED) is 0.471. The SMILES string of the molecule is CN1CCN(C(=O)COc2ccc(-n3cc(-c4cc5cc(F)c(F)cc5[nH]c4=O)nn3)cc2)CC1. The van der Waals surface area contributed by atoms with Crippen LogP contribution in [0.3, 0.4) is 0 Å². The fraction of sp³-hybridized carbons (Fsp3) is 0.250. The van der Waals surface area contributed by atoms with Crippen LogP contribution >= 0.6 is 0 Å². The normalized spacial score (nSPS) is 14.4. The predicted octanol–water partition coefficient (Wildman–Crippen LogP) is 2.21. The number of hydrogen-bond donors (Lipinski definition) is 1. The smallest absolute Gasteiger partial charge is 0.260 e. The molecule has 1 N–H and O–H groups in total. The van der Waals surface area contributed by atoms with E-state index in [2.05, 4.69) is 20.2 Å². The largest absolute Gasteiger partial charge is 0.484 e. The summed E-state index contributed by atoms with van der Waals surface area (Å²) in [5.74, 6) is -1.56. The Hall–Kier alpha value is -4.12. The number of aromatic nitrogens is 4. The van der Waals surface area contributed by atoms with Gasteiger partial charge in [-0.1, -0.05) is 5.21 Å². The maximum Gasteiger partial charge on any atom is 0.260 e. The Bertz CT molecular complexity index is 1440. The van der Waals surface area contributed by atoms with Gasteiger partial charge < -0.3 is 19.5 Å². The first-order valence-corrected chi connectivity index (χ1v) is 11.0. The number of amides is 1. The molecule has 9 nitrogen and oxygen atoms in total. The highest BCUT2D eigenvalue weighted by atomic mass is 19.2. The summed E-state index contributed by atoms with van der Waals surface area (Å²) in [5, 5.41) is 8.44. The molecule has 0 saturated carbocycles. The van der Waals surface area contributed by atoms with Gasteiger partial charge in [0.1, 0.15) is 11.4 Å². The van der Waals surface area contributed by atoms with E-state index in [1.807, 2.05) is 7.05 Å². The number of benzene rings is 2. The molecule has 2 aromatic heterocycles. The van der Waals surface area contributed by atoms with Crippen LogP contribution in [0.15, 0.2) is 53.5 Å². The monoisotopic (exact) mass is 480 g/mol. The Kier molecular flexibility index (Phi) is 6.00. The van der Waals surface area contributed by atoms with E-state index in [1.54, 1.807) is 35.4 Å². The fourth-order valence-electron chi connectivity index (χ4n) is 3.89. The zero-order chi connectivity index (χ0) is 24.5. The lowest BCUT2D eigenvalue weighted by atomic mass is 10.1. The van der Waals surface area contributed by atoms with Crippen LogP contribution in [-0.2, 0) is 4.79 Å². The van der Waals surface area contributed by atoms with Crippen molar-refractivity contribution in [2.24, 2.45) is 0 Å². The van der Waals surface area contributed by atoms with Gasteiger partial charge in [0.05, 0.1) is 23.0 Å². The zero-order valence-corrected chi connectivity index (χ0v) is 18.9. The second kappa shape index (κ2) is 9.26. The van der Waals surface area contributed by atoms with E-state index in [4.69, 9.17) is 4.74 Å². The van der Waals surface area contributed by atoms with Gasteiger partial charge in [0.15, 0.2) is 18.2 Å². The van der Waals surface area contributed by atoms with Crippen molar-refractivity contribution in [1.82, 2.24) is 29.8 Å². The highest BCUT2D eigenvalue weighted by Gasteiger charge is 2.19. The summed E-state index contributed by atoms with van der Waals surface area (Å²) in [4.78, 5) is 31.3. The molecule has 35 heavy (non-hydrogen) atoms. The molecule has 0 bridgehead atoms. The summed E-state index contributed by atoms with van der Waals surface area (Å²) >= 11 is 0. The number of pyridine rings is 1. The second-order valence-corrected chi connectivity index (χ2v) is 8.38. The van der Waals surface area contributed by atoms with Crippen LogP contribution in [0.4, 0.5) is 8.78 Å². The Balaban J connectivity index is 1.28. The van der Waals surface area contributed by atoms with Gasteiger partial charge in [-0.3, -0.25) is 9.59 Å². The van der Waals surface area contributed by atoms with Gasteiger partial charge in [0.2, 0.25) is 0 Å². The number of ether oxygens (including phenoxy) is 1. The third-order valence-electron chi connectivity index (χ3n) is 5.97. The van der Waals surface area contributed by atoms with Crippen LogP contribution in [0.1, 0.15) is 0 Å². The maximum absolute atomic E-state index is 13.6. The van der Waals surface area contributed by atoms with Gasteiger partial charge in [-0.15, -0.1) is 5.10 Å². The molecule has 1 amide bonds. The molecular weight excluding hydrogens is 458 g/mol. The highest BCUT2D eigenvalue weighted by Crippen LogP contribution is 2.22. The van der Waals surface area contributed by atoms with Crippen molar-refractivity contribution < 1.29 is 18.3 Å². The Morgan fingerprint density at radius 2 is 1.77 bits per heavy atom. The minimum absolute atomic E-state index is 0.0359. The van der Waals surface area contributed by atoms with Crippen LogP contribution in [0, 0.1) is 11.6 Å². The molecule has 5 rings (SSSR count). The van der Waals surface area contributed by atoms with E-state index in [0.29, 0.717) is 29.9 Å². The van der Waals surface area contributed by atoms with E-state index in [0.717, 1.165) is 25.2 Å².